The second-order valence-corrected chi connectivity index (χ2v) is 7.74. The molecule has 3 rings (SSSR count). The number of imidazole rings is 1. The molecule has 0 saturated heterocycles. The van der Waals surface area contributed by atoms with E-state index in [1.54, 1.807) is 68.3 Å². The molecule has 0 unspecified atom stereocenters. The van der Waals surface area contributed by atoms with E-state index in [1.165, 1.54) is 0 Å². The predicted octanol–water partition coefficient (Wildman–Crippen LogP) is 1.41. The van der Waals surface area contributed by atoms with E-state index >= 15 is 0 Å². The van der Waals surface area contributed by atoms with Crippen molar-refractivity contribution in [3.8, 4) is 5.75 Å². The van der Waals surface area contributed by atoms with E-state index in [1.807, 2.05) is 0 Å². The summed E-state index contributed by atoms with van der Waals surface area (Å²) >= 11 is 0. The summed E-state index contributed by atoms with van der Waals surface area (Å²) < 4.78 is 32.4. The third kappa shape index (κ3) is 3.27. The summed E-state index contributed by atoms with van der Waals surface area (Å²) in [5.74, 6) is 0.954. The van der Waals surface area contributed by atoms with Gasteiger partial charge in [0.25, 0.3) is 5.16 Å². The highest BCUT2D eigenvalue weighted by atomic mass is 32.2. The van der Waals surface area contributed by atoms with Gasteiger partial charge in [-0.05, 0) is 17.7 Å². The van der Waals surface area contributed by atoms with E-state index in [0.717, 1.165) is 0 Å². The van der Waals surface area contributed by atoms with Gasteiger partial charge < -0.3 is 14.2 Å². The van der Waals surface area contributed by atoms with E-state index in [-0.39, 0.29) is 10.9 Å². The smallest absolute Gasteiger partial charge is 0.251 e. The van der Waals surface area contributed by atoms with Crippen LogP contribution in [0, 0.1) is 0 Å². The van der Waals surface area contributed by atoms with Crippen LogP contribution in [-0.2, 0) is 22.6 Å². The van der Waals surface area contributed by atoms with Gasteiger partial charge in [0.2, 0.25) is 9.84 Å². The van der Waals surface area contributed by atoms with E-state index in [2.05, 4.69) is 15.0 Å². The van der Waals surface area contributed by atoms with Crippen LogP contribution in [0.4, 0.5) is 5.82 Å². The number of nitrogens with zero attached hydrogens (tertiary/aromatic N) is 5. The van der Waals surface area contributed by atoms with Gasteiger partial charge in [0.15, 0.2) is 17.0 Å². The molecule has 2 aromatic heterocycles. The maximum Gasteiger partial charge on any atom is 0.251 e. The number of fused-ring (bicyclic) bond motifs is 1. The van der Waals surface area contributed by atoms with Crippen LogP contribution in [0.25, 0.3) is 11.2 Å². The lowest BCUT2D eigenvalue weighted by molar-refractivity contribution is 0.414. The highest BCUT2D eigenvalue weighted by Crippen LogP contribution is 2.24. The fraction of sp³-hybridized carbons (Fsp3) is 0.312. The first-order valence-corrected chi connectivity index (χ1v) is 9.19. The monoisotopic (exact) mass is 361 g/mol. The minimum atomic E-state index is -3.71. The molecule has 0 aliphatic rings. The number of sulfone groups is 1. The number of benzene rings is 1. The summed E-state index contributed by atoms with van der Waals surface area (Å²) in [6.07, 6.45) is 1.59. The van der Waals surface area contributed by atoms with Crippen molar-refractivity contribution in [3.63, 3.8) is 0 Å². The Morgan fingerprint density at radius 1 is 1.16 bits per heavy atom. The van der Waals surface area contributed by atoms with Gasteiger partial charge in [-0.3, -0.25) is 0 Å². The highest BCUT2D eigenvalue weighted by Gasteiger charge is 2.23. The third-order valence-corrected chi connectivity index (χ3v) is 5.19. The van der Waals surface area contributed by atoms with Gasteiger partial charge in [0.1, 0.15) is 5.75 Å². The molecule has 0 atom stereocenters. The number of methoxy groups -OCH3 is 1. The first kappa shape index (κ1) is 17.2. The van der Waals surface area contributed by atoms with Crippen LogP contribution < -0.4 is 9.64 Å². The predicted molar refractivity (Wildman–Crippen MR) is 94.5 cm³/mol. The number of hydrogen-bond donors (Lipinski definition) is 0. The minimum absolute atomic E-state index is 0.187. The maximum absolute atomic E-state index is 12.8. The average molecular weight is 361 g/mol. The Balaban J connectivity index is 2.05. The summed E-state index contributed by atoms with van der Waals surface area (Å²) in [6, 6.07) is 6.88. The van der Waals surface area contributed by atoms with Crippen molar-refractivity contribution < 1.29 is 13.2 Å². The molecule has 0 N–H and O–H groups in total. The number of rotatable bonds is 5. The van der Waals surface area contributed by atoms with Gasteiger partial charge in [-0.25, -0.2) is 13.4 Å². The molecule has 1 aromatic carbocycles. The summed E-state index contributed by atoms with van der Waals surface area (Å²) in [5, 5.41) is -0.205. The molecule has 0 bridgehead atoms. The molecule has 8 nitrogen and oxygen atoms in total. The molecule has 0 spiro atoms. The van der Waals surface area contributed by atoms with Crippen LogP contribution in [0.15, 0.2) is 35.7 Å². The van der Waals surface area contributed by atoms with Gasteiger partial charge in [-0.2, -0.15) is 9.97 Å². The first-order chi connectivity index (χ1) is 11.8. The lowest BCUT2D eigenvalue weighted by atomic mass is 10.2. The summed E-state index contributed by atoms with van der Waals surface area (Å²) in [6.45, 7) is 0. The summed E-state index contributed by atoms with van der Waals surface area (Å²) in [5.41, 5.74) is 1.68. The SMILES string of the molecule is COc1ccc(CS(=O)(=O)c2nc(N(C)C)c3ncn(C)c3n2)cc1. The van der Waals surface area contributed by atoms with Crippen LogP contribution in [0.3, 0.4) is 0 Å². The van der Waals surface area contributed by atoms with Crippen LogP contribution in [0.2, 0.25) is 0 Å². The van der Waals surface area contributed by atoms with Gasteiger partial charge in [0, 0.05) is 21.1 Å². The number of aromatic nitrogens is 4. The lowest BCUT2D eigenvalue weighted by Gasteiger charge is -2.13. The Bertz CT molecular complexity index is 1010. The van der Waals surface area contributed by atoms with Crippen LogP contribution >= 0.6 is 0 Å². The Morgan fingerprint density at radius 2 is 1.84 bits per heavy atom. The highest BCUT2D eigenvalue weighted by molar-refractivity contribution is 7.90. The van der Waals surface area contributed by atoms with Crippen LogP contribution in [-0.4, -0.2) is 49.1 Å². The molecular formula is C16H19N5O3S. The topological polar surface area (TPSA) is 90.2 Å². The van der Waals surface area contributed by atoms with Gasteiger partial charge in [-0.15, -0.1) is 0 Å². The van der Waals surface area contributed by atoms with Gasteiger partial charge in [0.05, 0.1) is 19.2 Å². The second kappa shape index (κ2) is 6.32. The standard InChI is InChI=1S/C16H19N5O3S/c1-20(2)14-13-15(21(3)10-17-13)19-16(18-14)25(22,23)9-11-5-7-12(24-4)8-6-11/h5-8,10H,9H2,1-4H3. The summed E-state index contributed by atoms with van der Waals surface area (Å²) in [7, 11) is 3.20. The maximum atomic E-state index is 12.8. The number of aryl methyl sites for hydroxylation is 1. The molecule has 9 heteroatoms. The zero-order valence-corrected chi connectivity index (χ0v) is 15.3. The van der Waals surface area contributed by atoms with Crippen molar-refractivity contribution >= 4 is 26.8 Å². The van der Waals surface area contributed by atoms with Crippen molar-refractivity contribution in [2.24, 2.45) is 7.05 Å². The number of hydrogen-bond acceptors (Lipinski definition) is 7. The lowest BCUT2D eigenvalue weighted by Crippen LogP contribution is -2.16. The van der Waals surface area contributed by atoms with E-state index in [9.17, 15) is 8.42 Å². The van der Waals surface area contributed by atoms with Crippen molar-refractivity contribution in [1.29, 1.82) is 0 Å². The molecule has 0 amide bonds. The average Bonchev–Trinajstić information content (AvgIpc) is 2.95. The third-order valence-electron chi connectivity index (χ3n) is 3.74. The molecule has 0 aliphatic heterocycles. The Labute approximate surface area is 146 Å². The normalized spacial score (nSPS) is 11.7. The molecule has 0 fully saturated rings. The first-order valence-electron chi connectivity index (χ1n) is 7.54. The molecule has 0 saturated carbocycles. The molecule has 3 aromatic rings. The van der Waals surface area contributed by atoms with Crippen LogP contribution in [0.1, 0.15) is 5.56 Å². The number of ether oxygens (including phenoxy) is 1. The van der Waals surface area contributed by atoms with Crippen molar-refractivity contribution in [1.82, 2.24) is 19.5 Å². The van der Waals surface area contributed by atoms with E-state index in [0.29, 0.717) is 28.3 Å². The van der Waals surface area contributed by atoms with E-state index in [4.69, 9.17) is 4.74 Å². The Morgan fingerprint density at radius 3 is 2.44 bits per heavy atom. The molecule has 25 heavy (non-hydrogen) atoms. The van der Waals surface area contributed by atoms with Crippen LogP contribution in [0.5, 0.6) is 5.75 Å². The second-order valence-electron chi connectivity index (χ2n) is 5.86. The van der Waals surface area contributed by atoms with Crippen molar-refractivity contribution in [2.75, 3.05) is 26.1 Å². The molecule has 0 aliphatic carbocycles. The fourth-order valence-electron chi connectivity index (χ4n) is 2.43. The zero-order valence-electron chi connectivity index (χ0n) is 14.5. The number of anilines is 1. The van der Waals surface area contributed by atoms with Gasteiger partial charge in [-0.1, -0.05) is 12.1 Å². The zero-order chi connectivity index (χ0) is 18.2. The van der Waals surface area contributed by atoms with E-state index < -0.39 is 9.84 Å². The Hall–Kier alpha value is -2.68. The molecular weight excluding hydrogens is 342 g/mol. The Kier molecular flexibility index (Phi) is 4.34. The molecule has 2 heterocycles. The quantitative estimate of drug-likeness (QED) is 0.635. The fourth-order valence-corrected chi connectivity index (χ4v) is 3.64. The molecule has 132 valence electrons. The van der Waals surface area contributed by atoms with Crippen molar-refractivity contribution in [2.45, 2.75) is 10.9 Å². The minimum Gasteiger partial charge on any atom is -0.497 e. The van der Waals surface area contributed by atoms with Gasteiger partial charge >= 0.3 is 0 Å². The molecule has 0 radical (unpaired) electrons. The largest absolute Gasteiger partial charge is 0.497 e. The van der Waals surface area contributed by atoms with Crippen molar-refractivity contribution in [3.05, 3.63) is 36.2 Å². The summed E-state index contributed by atoms with van der Waals surface area (Å²) in [4.78, 5) is 14.4.